The van der Waals surface area contributed by atoms with Gasteiger partial charge in [0, 0.05) is 15.5 Å². The van der Waals surface area contributed by atoms with Gasteiger partial charge in [0.1, 0.15) is 0 Å². The minimum Gasteiger partial charge on any atom is -0.324 e. The molecular weight excluding hydrogens is 328 g/mol. The number of rotatable bonds is 2. The number of fused-ring (bicyclic) bond motifs is 1. The normalized spacial score (nSPS) is 19.2. The van der Waals surface area contributed by atoms with E-state index < -0.39 is 0 Å². The molecule has 3 nitrogen and oxygen atoms in total. The molecule has 21 heavy (non-hydrogen) atoms. The van der Waals surface area contributed by atoms with Crippen molar-refractivity contribution in [3.63, 3.8) is 0 Å². The van der Waals surface area contributed by atoms with Crippen molar-refractivity contribution in [3.8, 4) is 0 Å². The average Bonchev–Trinajstić information content (AvgIpc) is 2.79. The molecular formula is C17H19BrN2O. The van der Waals surface area contributed by atoms with E-state index in [1.165, 1.54) is 6.42 Å². The number of carbonyl (C=O) groups excluding carboxylic acids is 1. The third kappa shape index (κ3) is 3.27. The van der Waals surface area contributed by atoms with Gasteiger partial charge in [-0.2, -0.15) is 0 Å². The smallest absolute Gasteiger partial charge is 0.241 e. The lowest BCUT2D eigenvalue weighted by Gasteiger charge is -2.17. The highest BCUT2D eigenvalue weighted by Crippen LogP contribution is 2.30. The van der Waals surface area contributed by atoms with Gasteiger partial charge in [-0.1, -0.05) is 53.0 Å². The summed E-state index contributed by atoms with van der Waals surface area (Å²) in [6.45, 7) is 0.930. The number of hydrogen-bond donors (Lipinski definition) is 2. The van der Waals surface area contributed by atoms with Crippen LogP contribution in [0.2, 0.25) is 0 Å². The standard InChI is InChI=1S/C17H19BrN2O/c18-14-9-10-15(13-7-4-3-6-12(13)14)20-17(21)16-8-2-1-5-11-19-16/h3-4,6-7,9-10,16,19H,1-2,5,8,11H2,(H,20,21). The Morgan fingerprint density at radius 3 is 2.76 bits per heavy atom. The SMILES string of the molecule is O=C(Nc1ccc(Br)c2ccccc12)C1CCCCCN1. The monoisotopic (exact) mass is 346 g/mol. The van der Waals surface area contributed by atoms with Crippen molar-refractivity contribution >= 4 is 38.3 Å². The van der Waals surface area contributed by atoms with Crippen molar-refractivity contribution in [1.82, 2.24) is 5.32 Å². The molecule has 0 aliphatic carbocycles. The van der Waals surface area contributed by atoms with Gasteiger partial charge in [-0.3, -0.25) is 4.79 Å². The van der Waals surface area contributed by atoms with Crippen LogP contribution in [0.1, 0.15) is 25.7 Å². The molecule has 4 heteroatoms. The van der Waals surface area contributed by atoms with Crippen LogP contribution in [0.15, 0.2) is 40.9 Å². The zero-order chi connectivity index (χ0) is 14.7. The van der Waals surface area contributed by atoms with Crippen LogP contribution in [0.5, 0.6) is 0 Å². The lowest BCUT2D eigenvalue weighted by molar-refractivity contribution is -0.118. The van der Waals surface area contributed by atoms with Gasteiger partial charge in [0.25, 0.3) is 0 Å². The molecule has 1 atom stereocenters. The van der Waals surface area contributed by atoms with E-state index in [0.717, 1.165) is 46.7 Å². The van der Waals surface area contributed by atoms with Crippen LogP contribution < -0.4 is 10.6 Å². The van der Waals surface area contributed by atoms with Crippen molar-refractivity contribution in [3.05, 3.63) is 40.9 Å². The predicted molar refractivity (Wildman–Crippen MR) is 90.5 cm³/mol. The summed E-state index contributed by atoms with van der Waals surface area (Å²) in [5.41, 5.74) is 0.879. The van der Waals surface area contributed by atoms with Gasteiger partial charge in [0.15, 0.2) is 0 Å². The van der Waals surface area contributed by atoms with Crippen LogP contribution in [0, 0.1) is 0 Å². The molecule has 1 aliphatic rings. The number of halogens is 1. The first kappa shape index (κ1) is 14.5. The van der Waals surface area contributed by atoms with Gasteiger partial charge in [-0.25, -0.2) is 0 Å². The largest absolute Gasteiger partial charge is 0.324 e. The molecule has 0 bridgehead atoms. The molecule has 2 N–H and O–H groups in total. The molecule has 2 aromatic carbocycles. The van der Waals surface area contributed by atoms with Gasteiger partial charge < -0.3 is 10.6 Å². The first-order valence-electron chi connectivity index (χ1n) is 7.47. The van der Waals surface area contributed by atoms with E-state index in [9.17, 15) is 4.79 Å². The van der Waals surface area contributed by atoms with Crippen molar-refractivity contribution in [2.24, 2.45) is 0 Å². The molecule has 1 aliphatic heterocycles. The fourth-order valence-electron chi connectivity index (χ4n) is 2.84. The van der Waals surface area contributed by atoms with E-state index in [1.54, 1.807) is 0 Å². The number of amides is 1. The third-order valence-electron chi connectivity index (χ3n) is 4.01. The third-order valence-corrected chi connectivity index (χ3v) is 4.70. The fraction of sp³-hybridized carbons (Fsp3) is 0.353. The number of carbonyl (C=O) groups is 1. The van der Waals surface area contributed by atoms with Gasteiger partial charge >= 0.3 is 0 Å². The molecule has 1 heterocycles. The number of nitrogens with one attached hydrogen (secondary N) is 2. The molecule has 1 unspecified atom stereocenters. The summed E-state index contributed by atoms with van der Waals surface area (Å²) in [5.74, 6) is 0.0735. The minimum atomic E-state index is -0.0742. The Kier molecular flexibility index (Phi) is 4.56. The zero-order valence-electron chi connectivity index (χ0n) is 11.9. The average molecular weight is 347 g/mol. The molecule has 2 aromatic rings. The molecule has 3 rings (SSSR count). The molecule has 110 valence electrons. The number of hydrogen-bond acceptors (Lipinski definition) is 2. The second-order valence-corrected chi connectivity index (χ2v) is 6.34. The van der Waals surface area contributed by atoms with E-state index in [4.69, 9.17) is 0 Å². The van der Waals surface area contributed by atoms with Crippen molar-refractivity contribution < 1.29 is 4.79 Å². The molecule has 1 saturated heterocycles. The Hall–Kier alpha value is -1.39. The van der Waals surface area contributed by atoms with Gasteiger partial charge in [-0.15, -0.1) is 0 Å². The molecule has 1 amide bonds. The summed E-state index contributed by atoms with van der Waals surface area (Å²) in [6.07, 6.45) is 4.40. The van der Waals surface area contributed by atoms with Crippen molar-refractivity contribution in [2.45, 2.75) is 31.7 Å². The van der Waals surface area contributed by atoms with Gasteiger partial charge in [0.05, 0.1) is 6.04 Å². The van der Waals surface area contributed by atoms with Gasteiger partial charge in [-0.05, 0) is 36.9 Å². The minimum absolute atomic E-state index is 0.0735. The Balaban J connectivity index is 1.84. The first-order chi connectivity index (χ1) is 10.3. The van der Waals surface area contributed by atoms with E-state index in [-0.39, 0.29) is 11.9 Å². The second-order valence-electron chi connectivity index (χ2n) is 5.49. The maximum absolute atomic E-state index is 12.5. The van der Waals surface area contributed by atoms with Crippen LogP contribution >= 0.6 is 15.9 Å². The first-order valence-corrected chi connectivity index (χ1v) is 8.26. The lowest BCUT2D eigenvalue weighted by atomic mass is 10.1. The summed E-state index contributed by atoms with van der Waals surface area (Å²) in [7, 11) is 0. The maximum Gasteiger partial charge on any atom is 0.241 e. The summed E-state index contributed by atoms with van der Waals surface area (Å²) >= 11 is 3.56. The van der Waals surface area contributed by atoms with E-state index in [2.05, 4.69) is 32.6 Å². The summed E-state index contributed by atoms with van der Waals surface area (Å²) in [5, 5.41) is 8.61. The van der Waals surface area contributed by atoms with Crippen LogP contribution in [0.25, 0.3) is 10.8 Å². The Morgan fingerprint density at radius 1 is 1.10 bits per heavy atom. The van der Waals surface area contributed by atoms with Crippen LogP contribution in [0.4, 0.5) is 5.69 Å². The maximum atomic E-state index is 12.5. The zero-order valence-corrected chi connectivity index (χ0v) is 13.4. The summed E-state index contributed by atoms with van der Waals surface area (Å²) in [4.78, 5) is 12.5. The van der Waals surface area contributed by atoms with Crippen LogP contribution in [0.3, 0.4) is 0 Å². The fourth-order valence-corrected chi connectivity index (χ4v) is 3.32. The van der Waals surface area contributed by atoms with Gasteiger partial charge in [0.2, 0.25) is 5.91 Å². The highest BCUT2D eigenvalue weighted by atomic mass is 79.9. The highest BCUT2D eigenvalue weighted by Gasteiger charge is 2.20. The highest BCUT2D eigenvalue weighted by molar-refractivity contribution is 9.10. The van der Waals surface area contributed by atoms with Crippen LogP contribution in [-0.4, -0.2) is 18.5 Å². The number of anilines is 1. The molecule has 0 radical (unpaired) electrons. The van der Waals surface area contributed by atoms with E-state index >= 15 is 0 Å². The van der Waals surface area contributed by atoms with Crippen LogP contribution in [-0.2, 0) is 4.79 Å². The molecule has 0 aromatic heterocycles. The second kappa shape index (κ2) is 6.58. The molecule has 1 fully saturated rings. The van der Waals surface area contributed by atoms with E-state index in [1.807, 2.05) is 30.3 Å². The summed E-state index contributed by atoms with van der Waals surface area (Å²) in [6, 6.07) is 12.0. The summed E-state index contributed by atoms with van der Waals surface area (Å²) < 4.78 is 1.05. The Bertz CT molecular complexity index is 648. The molecule has 0 spiro atoms. The van der Waals surface area contributed by atoms with Crippen molar-refractivity contribution in [1.29, 1.82) is 0 Å². The molecule has 0 saturated carbocycles. The Morgan fingerprint density at radius 2 is 1.90 bits per heavy atom. The quantitative estimate of drug-likeness (QED) is 0.860. The topological polar surface area (TPSA) is 41.1 Å². The predicted octanol–water partition coefficient (Wildman–Crippen LogP) is 4.07. The van der Waals surface area contributed by atoms with Crippen molar-refractivity contribution in [2.75, 3.05) is 11.9 Å². The lowest BCUT2D eigenvalue weighted by Crippen LogP contribution is -2.39. The van der Waals surface area contributed by atoms with E-state index in [0.29, 0.717) is 0 Å². The number of benzene rings is 2. The Labute approximate surface area is 133 Å².